The molecule has 0 saturated carbocycles. The van der Waals surface area contributed by atoms with Crippen molar-refractivity contribution >= 4 is 62.4 Å². The number of rotatable bonds is 14. The Labute approximate surface area is 291 Å². The highest BCUT2D eigenvalue weighted by molar-refractivity contribution is 14.1. The lowest BCUT2D eigenvalue weighted by atomic mass is 9.95. The van der Waals surface area contributed by atoms with Gasteiger partial charge < -0.3 is 34.7 Å². The molecule has 0 aromatic heterocycles. The molecule has 3 aromatic rings. The smallest absolute Gasteiger partial charge is 0.337 e. The second kappa shape index (κ2) is 16.4. The highest BCUT2D eigenvalue weighted by Gasteiger charge is 2.32. The van der Waals surface area contributed by atoms with Gasteiger partial charge in [-0.2, -0.15) is 5.10 Å². The third-order valence-electron chi connectivity index (χ3n) is 6.67. The Kier molecular flexibility index (Phi) is 12.4. The van der Waals surface area contributed by atoms with Gasteiger partial charge in [0.05, 0.1) is 40.0 Å². The monoisotopic (exact) mass is 823 g/mol. The lowest BCUT2D eigenvalue weighted by Gasteiger charge is -2.28. The number of amides is 2. The minimum absolute atomic E-state index is 0.00605. The van der Waals surface area contributed by atoms with Crippen LogP contribution >= 0.6 is 38.5 Å². The first-order valence-electron chi connectivity index (χ1n) is 14.1. The van der Waals surface area contributed by atoms with E-state index in [2.05, 4.69) is 59.7 Å². The molecule has 0 aliphatic carbocycles. The molecule has 0 spiro atoms. The topological polar surface area (TPSA) is 183 Å². The van der Waals surface area contributed by atoms with Crippen molar-refractivity contribution in [3.63, 3.8) is 0 Å². The summed E-state index contributed by atoms with van der Waals surface area (Å²) in [7, 11) is 1.26. The zero-order valence-corrected chi connectivity index (χ0v) is 29.2. The van der Waals surface area contributed by atoms with Crippen molar-refractivity contribution in [2.24, 2.45) is 5.10 Å². The number of allylic oxidation sites excluding steroid dienone is 1. The number of urea groups is 1. The van der Waals surface area contributed by atoms with E-state index in [9.17, 15) is 24.8 Å². The van der Waals surface area contributed by atoms with Crippen LogP contribution in [0.25, 0.3) is 0 Å². The molecular weight excluding hydrogens is 793 g/mol. The van der Waals surface area contributed by atoms with Crippen LogP contribution in [0.15, 0.2) is 75.4 Å². The van der Waals surface area contributed by atoms with E-state index in [4.69, 9.17) is 18.9 Å². The van der Waals surface area contributed by atoms with Gasteiger partial charge in [-0.3, -0.25) is 15.5 Å². The highest BCUT2D eigenvalue weighted by Crippen LogP contribution is 2.35. The van der Waals surface area contributed by atoms with Crippen LogP contribution in [0.5, 0.6) is 17.2 Å². The fourth-order valence-electron chi connectivity index (χ4n) is 4.51. The molecule has 3 aromatic carbocycles. The molecule has 248 valence electrons. The number of halogens is 2. The zero-order chi connectivity index (χ0) is 34.1. The summed E-state index contributed by atoms with van der Waals surface area (Å²) in [5.74, 6) is 0.613. The first kappa shape index (κ1) is 35.4. The average molecular weight is 824 g/mol. The predicted molar refractivity (Wildman–Crippen MR) is 183 cm³/mol. The standard InChI is InChI=1S/C31H31BrIN5O9/c1-4-45-25-12-19(28-27(30(40)44-3)17(2)35-31(41)36-28)7-10-24(25)46-16-26(39)37-34-14-20-11-21(32)13-23(33)29(20)47-15-18-5-8-22(9-6-18)38(42)43/h5-14,26,28,37,39H,4,15-16H2,1-3H3,(H2,35,36,41)/b34-14+/t26-,28-/m0/s1. The number of esters is 1. The van der Waals surface area contributed by atoms with Gasteiger partial charge in [0, 0.05) is 27.9 Å². The van der Waals surface area contributed by atoms with Gasteiger partial charge in [-0.25, -0.2) is 9.59 Å². The van der Waals surface area contributed by atoms with Crippen molar-refractivity contribution in [1.29, 1.82) is 0 Å². The van der Waals surface area contributed by atoms with Gasteiger partial charge in [0.1, 0.15) is 19.0 Å². The molecule has 0 bridgehead atoms. The van der Waals surface area contributed by atoms with Crippen LogP contribution in [-0.2, 0) is 16.1 Å². The van der Waals surface area contributed by atoms with Gasteiger partial charge >= 0.3 is 12.0 Å². The molecule has 47 heavy (non-hydrogen) atoms. The van der Waals surface area contributed by atoms with E-state index >= 15 is 0 Å². The van der Waals surface area contributed by atoms with E-state index < -0.39 is 29.2 Å². The normalized spacial score (nSPS) is 15.0. The van der Waals surface area contributed by atoms with E-state index in [1.165, 1.54) is 25.5 Å². The summed E-state index contributed by atoms with van der Waals surface area (Å²) in [5.41, 5.74) is 5.16. The number of ether oxygens (including phenoxy) is 4. The molecule has 1 heterocycles. The highest BCUT2D eigenvalue weighted by atomic mass is 127. The molecule has 16 heteroatoms. The number of methoxy groups -OCH3 is 1. The second-order valence-electron chi connectivity index (χ2n) is 9.93. The van der Waals surface area contributed by atoms with Gasteiger partial charge in [0.2, 0.25) is 0 Å². The molecule has 2 amide bonds. The average Bonchev–Trinajstić information content (AvgIpc) is 3.03. The number of non-ortho nitro benzene ring substituents is 1. The molecule has 2 atom stereocenters. The summed E-state index contributed by atoms with van der Waals surface area (Å²) >= 11 is 5.60. The van der Waals surface area contributed by atoms with Crippen molar-refractivity contribution < 1.29 is 38.6 Å². The van der Waals surface area contributed by atoms with Crippen molar-refractivity contribution in [2.45, 2.75) is 32.7 Å². The number of aliphatic hydroxyl groups is 1. The number of aliphatic hydroxyl groups excluding tert-OH is 1. The number of benzene rings is 3. The number of carbonyl (C=O) groups excluding carboxylic acids is 2. The Balaban J connectivity index is 1.42. The lowest BCUT2D eigenvalue weighted by Crippen LogP contribution is -2.45. The van der Waals surface area contributed by atoms with E-state index in [1.54, 1.807) is 50.2 Å². The summed E-state index contributed by atoms with van der Waals surface area (Å²) in [4.78, 5) is 35.1. The van der Waals surface area contributed by atoms with Crippen molar-refractivity contribution in [2.75, 3.05) is 20.3 Å². The van der Waals surface area contributed by atoms with Gasteiger partial charge in [-0.1, -0.05) is 22.0 Å². The first-order chi connectivity index (χ1) is 22.5. The largest absolute Gasteiger partial charge is 0.490 e. The number of nitrogens with one attached hydrogen (secondary N) is 3. The molecular formula is C31H31BrIN5O9. The number of hydrogen-bond acceptors (Lipinski definition) is 11. The molecule has 4 N–H and O–H groups in total. The lowest BCUT2D eigenvalue weighted by molar-refractivity contribution is -0.384. The summed E-state index contributed by atoms with van der Waals surface area (Å²) in [6, 6.07) is 13.4. The molecule has 0 radical (unpaired) electrons. The molecule has 14 nitrogen and oxygen atoms in total. The van der Waals surface area contributed by atoms with E-state index in [0.717, 1.165) is 13.6 Å². The second-order valence-corrected chi connectivity index (χ2v) is 12.0. The number of nitro benzene ring substituents is 1. The third-order valence-corrected chi connectivity index (χ3v) is 7.93. The Morgan fingerprint density at radius 1 is 1.17 bits per heavy atom. The van der Waals surface area contributed by atoms with Gasteiger partial charge in [0.25, 0.3) is 5.69 Å². The summed E-state index contributed by atoms with van der Waals surface area (Å²) in [6.07, 6.45) is 0.278. The van der Waals surface area contributed by atoms with Gasteiger partial charge in [-0.15, -0.1) is 0 Å². The van der Waals surface area contributed by atoms with Crippen molar-refractivity contribution in [3.8, 4) is 17.2 Å². The minimum atomic E-state index is -1.21. The molecule has 0 fully saturated rings. The van der Waals surface area contributed by atoms with Gasteiger partial charge in [0.15, 0.2) is 17.7 Å². The molecule has 0 unspecified atom stereocenters. The Morgan fingerprint density at radius 3 is 2.60 bits per heavy atom. The van der Waals surface area contributed by atoms with Crippen LogP contribution in [0.4, 0.5) is 10.5 Å². The number of nitro groups is 1. The summed E-state index contributed by atoms with van der Waals surface area (Å²) in [5, 5.41) is 30.9. The van der Waals surface area contributed by atoms with E-state index in [1.807, 2.05) is 6.07 Å². The van der Waals surface area contributed by atoms with E-state index in [0.29, 0.717) is 40.7 Å². The fraction of sp³-hybridized carbons (Fsp3) is 0.258. The Bertz CT molecular complexity index is 1700. The SMILES string of the molecule is CCOc1cc([C@@H]2NC(=O)NC(C)=C2C(=O)OC)ccc1OC[C@H](O)N/N=C/c1cc(Br)cc(I)c1OCc1ccc([N+](=O)[O-])cc1. The predicted octanol–water partition coefficient (Wildman–Crippen LogP) is 5.06. The zero-order valence-electron chi connectivity index (χ0n) is 25.4. The Hall–Kier alpha value is -4.42. The van der Waals surface area contributed by atoms with Crippen LogP contribution in [0, 0.1) is 13.7 Å². The van der Waals surface area contributed by atoms with Crippen LogP contribution in [0.2, 0.25) is 0 Å². The molecule has 1 aliphatic rings. The van der Waals surface area contributed by atoms with Gasteiger partial charge in [-0.05, 0) is 84.0 Å². The summed E-state index contributed by atoms with van der Waals surface area (Å²) < 4.78 is 24.1. The third kappa shape index (κ3) is 9.32. The van der Waals surface area contributed by atoms with Crippen molar-refractivity contribution in [3.05, 3.63) is 101 Å². The number of hydrazone groups is 1. The minimum Gasteiger partial charge on any atom is -0.490 e. The van der Waals surface area contributed by atoms with Crippen LogP contribution in [0.1, 0.15) is 36.6 Å². The quantitative estimate of drug-likeness (QED) is 0.0428. The number of nitrogens with zero attached hydrogens (tertiary/aromatic N) is 2. The summed E-state index contributed by atoms with van der Waals surface area (Å²) in [6.45, 7) is 3.69. The first-order valence-corrected chi connectivity index (χ1v) is 16.0. The van der Waals surface area contributed by atoms with Crippen LogP contribution < -0.4 is 30.3 Å². The maximum absolute atomic E-state index is 12.5. The number of hydrogen-bond donors (Lipinski definition) is 4. The van der Waals surface area contributed by atoms with Crippen molar-refractivity contribution in [1.82, 2.24) is 16.1 Å². The maximum atomic E-state index is 12.5. The molecule has 0 saturated heterocycles. The molecule has 4 rings (SSSR count). The molecule has 1 aliphatic heterocycles. The van der Waals surface area contributed by atoms with Crippen LogP contribution in [0.3, 0.4) is 0 Å². The fourth-order valence-corrected chi connectivity index (χ4v) is 6.22. The van der Waals surface area contributed by atoms with Crippen LogP contribution in [-0.4, -0.2) is 54.8 Å². The van der Waals surface area contributed by atoms with E-state index in [-0.39, 0.29) is 24.5 Å². The number of carbonyl (C=O) groups is 2. The maximum Gasteiger partial charge on any atom is 0.337 e. The Morgan fingerprint density at radius 2 is 1.91 bits per heavy atom.